The molecule has 0 nitrogen and oxygen atoms in total. The second-order valence-corrected chi connectivity index (χ2v) is 9.88. The fourth-order valence-electron chi connectivity index (χ4n) is 5.23. The molecule has 0 aliphatic heterocycles. The van der Waals surface area contributed by atoms with Crippen LogP contribution in [0, 0.1) is 41.5 Å². The van der Waals surface area contributed by atoms with Crippen molar-refractivity contribution in [2.24, 2.45) is 0 Å². The van der Waals surface area contributed by atoms with Gasteiger partial charge >= 0.3 is 0 Å². The first-order valence-electron chi connectivity index (χ1n) is 11.4. The normalized spacial score (nSPS) is 11.6. The minimum absolute atomic E-state index is 0.479. The second-order valence-electron chi connectivity index (χ2n) is 9.88. The van der Waals surface area contributed by atoms with Gasteiger partial charge < -0.3 is 0 Å². The largest absolute Gasteiger partial charge is 0.0587 e. The highest BCUT2D eigenvalue weighted by Crippen LogP contribution is 2.42. The fourth-order valence-corrected chi connectivity index (χ4v) is 5.23. The van der Waals surface area contributed by atoms with Crippen molar-refractivity contribution in [3.05, 3.63) is 80.9 Å². The average molecular weight is 399 g/mol. The minimum atomic E-state index is 0.479. The molecule has 0 amide bonds. The van der Waals surface area contributed by atoms with E-state index < -0.39 is 0 Å². The van der Waals surface area contributed by atoms with E-state index in [1.807, 2.05) is 0 Å². The summed E-state index contributed by atoms with van der Waals surface area (Å²) in [5.74, 6) is 0.957. The summed E-state index contributed by atoms with van der Waals surface area (Å²) in [7, 11) is 0. The van der Waals surface area contributed by atoms with Gasteiger partial charge in [-0.05, 0) is 115 Å². The Morgan fingerprint density at radius 2 is 0.733 bits per heavy atom. The number of hydrogen-bond acceptors (Lipinski definition) is 0. The SMILES string of the molecule is Cc1cc(C)c(-c2cc(-c3c(C)cc(C)cc3C)c(C(C)C)cc2C(C)C)c(C)c1. The van der Waals surface area contributed by atoms with Crippen molar-refractivity contribution in [2.45, 2.75) is 81.1 Å². The lowest BCUT2D eigenvalue weighted by Crippen LogP contribution is -2.03. The third-order valence-corrected chi connectivity index (χ3v) is 6.36. The van der Waals surface area contributed by atoms with Crippen LogP contribution in [0.25, 0.3) is 22.3 Å². The molecule has 0 fully saturated rings. The van der Waals surface area contributed by atoms with Gasteiger partial charge in [-0.2, -0.15) is 0 Å². The quantitative estimate of drug-likeness (QED) is 0.411. The van der Waals surface area contributed by atoms with Crippen LogP contribution >= 0.6 is 0 Å². The van der Waals surface area contributed by atoms with Gasteiger partial charge in [-0.1, -0.05) is 69.2 Å². The maximum absolute atomic E-state index is 2.50. The molecular formula is C30H38. The van der Waals surface area contributed by atoms with E-state index >= 15 is 0 Å². The third kappa shape index (κ3) is 4.10. The lowest BCUT2D eigenvalue weighted by molar-refractivity contribution is 0.836. The van der Waals surface area contributed by atoms with E-state index in [9.17, 15) is 0 Å². The van der Waals surface area contributed by atoms with Gasteiger partial charge in [0.1, 0.15) is 0 Å². The van der Waals surface area contributed by atoms with E-state index in [1.54, 1.807) is 0 Å². The molecule has 0 heteroatoms. The summed E-state index contributed by atoms with van der Waals surface area (Å²) >= 11 is 0. The Bertz CT molecular complexity index is 963. The Morgan fingerprint density at radius 1 is 0.433 bits per heavy atom. The van der Waals surface area contributed by atoms with E-state index in [0.29, 0.717) is 11.8 Å². The number of rotatable bonds is 4. The van der Waals surface area contributed by atoms with Crippen LogP contribution in [0.3, 0.4) is 0 Å². The second kappa shape index (κ2) is 8.42. The van der Waals surface area contributed by atoms with Gasteiger partial charge in [0.2, 0.25) is 0 Å². The molecule has 0 unspecified atom stereocenters. The summed E-state index contributed by atoms with van der Waals surface area (Å²) < 4.78 is 0. The summed E-state index contributed by atoms with van der Waals surface area (Å²) in [4.78, 5) is 0. The Morgan fingerprint density at radius 3 is 1.00 bits per heavy atom. The Hall–Kier alpha value is -2.34. The van der Waals surface area contributed by atoms with E-state index in [2.05, 4.69) is 106 Å². The molecule has 0 N–H and O–H groups in total. The van der Waals surface area contributed by atoms with Crippen LogP contribution in [0.15, 0.2) is 36.4 Å². The van der Waals surface area contributed by atoms with Crippen LogP contribution in [0.2, 0.25) is 0 Å². The van der Waals surface area contributed by atoms with Gasteiger partial charge in [-0.15, -0.1) is 0 Å². The van der Waals surface area contributed by atoms with Gasteiger partial charge in [-0.3, -0.25) is 0 Å². The lowest BCUT2D eigenvalue weighted by Gasteiger charge is -2.25. The maximum Gasteiger partial charge on any atom is -0.0122 e. The molecule has 30 heavy (non-hydrogen) atoms. The summed E-state index contributed by atoms with van der Waals surface area (Å²) in [5, 5.41) is 0. The van der Waals surface area contributed by atoms with E-state index in [4.69, 9.17) is 0 Å². The summed E-state index contributed by atoms with van der Waals surface area (Å²) in [5.41, 5.74) is 16.7. The van der Waals surface area contributed by atoms with E-state index in [1.165, 1.54) is 66.8 Å². The van der Waals surface area contributed by atoms with Crippen LogP contribution in [0.5, 0.6) is 0 Å². The molecule has 3 aromatic carbocycles. The zero-order valence-electron chi connectivity index (χ0n) is 20.6. The molecule has 0 heterocycles. The van der Waals surface area contributed by atoms with Gasteiger partial charge in [0.25, 0.3) is 0 Å². The summed E-state index contributed by atoms with van der Waals surface area (Å²) in [6, 6.07) is 14.3. The first kappa shape index (κ1) is 22.3. The Labute approximate surface area is 184 Å². The molecule has 3 aromatic rings. The highest BCUT2D eigenvalue weighted by atomic mass is 14.2. The summed E-state index contributed by atoms with van der Waals surface area (Å²) in [6.07, 6.45) is 0. The van der Waals surface area contributed by atoms with Crippen LogP contribution in [0.1, 0.15) is 84.0 Å². The standard InChI is InChI=1S/C30H38/c1-17(2)25-15-26(18(3)4)28(30-23(9)13-20(6)14-24(30)10)16-27(25)29-21(7)11-19(5)12-22(29)8/h11-18H,1-10H3. The zero-order chi connectivity index (χ0) is 22.3. The van der Waals surface area contributed by atoms with Gasteiger partial charge in [-0.25, -0.2) is 0 Å². The molecule has 158 valence electrons. The Kier molecular flexibility index (Phi) is 6.27. The number of hydrogen-bond donors (Lipinski definition) is 0. The van der Waals surface area contributed by atoms with Crippen molar-refractivity contribution in [3.8, 4) is 22.3 Å². The Balaban J connectivity index is 2.45. The van der Waals surface area contributed by atoms with Crippen LogP contribution in [0.4, 0.5) is 0 Å². The molecular weight excluding hydrogens is 360 g/mol. The van der Waals surface area contributed by atoms with Gasteiger partial charge in [0.05, 0.1) is 0 Å². The van der Waals surface area contributed by atoms with Crippen LogP contribution in [-0.4, -0.2) is 0 Å². The van der Waals surface area contributed by atoms with Crippen molar-refractivity contribution in [1.82, 2.24) is 0 Å². The topological polar surface area (TPSA) is 0 Å². The highest BCUT2D eigenvalue weighted by Gasteiger charge is 2.21. The molecule has 0 bridgehead atoms. The molecule has 0 saturated heterocycles. The zero-order valence-corrected chi connectivity index (χ0v) is 20.6. The predicted octanol–water partition coefficient (Wildman–Crippen LogP) is 9.12. The number of aryl methyl sites for hydroxylation is 6. The molecule has 0 spiro atoms. The first-order chi connectivity index (χ1) is 14.0. The highest BCUT2D eigenvalue weighted by molar-refractivity contribution is 5.84. The van der Waals surface area contributed by atoms with Crippen molar-refractivity contribution in [2.75, 3.05) is 0 Å². The van der Waals surface area contributed by atoms with Gasteiger partial charge in [0, 0.05) is 0 Å². The molecule has 0 atom stereocenters. The first-order valence-corrected chi connectivity index (χ1v) is 11.4. The molecule has 0 aliphatic rings. The smallest absolute Gasteiger partial charge is 0.0122 e. The maximum atomic E-state index is 2.50. The van der Waals surface area contributed by atoms with Crippen molar-refractivity contribution in [1.29, 1.82) is 0 Å². The average Bonchev–Trinajstić information content (AvgIpc) is 2.59. The third-order valence-electron chi connectivity index (χ3n) is 6.36. The lowest BCUT2D eigenvalue weighted by atomic mass is 9.80. The molecule has 0 radical (unpaired) electrons. The number of benzene rings is 3. The van der Waals surface area contributed by atoms with Crippen LogP contribution < -0.4 is 0 Å². The van der Waals surface area contributed by atoms with E-state index in [-0.39, 0.29) is 0 Å². The van der Waals surface area contributed by atoms with Crippen LogP contribution in [-0.2, 0) is 0 Å². The van der Waals surface area contributed by atoms with Crippen molar-refractivity contribution in [3.63, 3.8) is 0 Å². The molecule has 3 rings (SSSR count). The minimum Gasteiger partial charge on any atom is -0.0587 e. The molecule has 0 aromatic heterocycles. The monoisotopic (exact) mass is 398 g/mol. The fraction of sp³-hybridized carbons (Fsp3) is 0.400. The van der Waals surface area contributed by atoms with Crippen molar-refractivity contribution < 1.29 is 0 Å². The molecule has 0 aliphatic carbocycles. The van der Waals surface area contributed by atoms with Gasteiger partial charge in [0.15, 0.2) is 0 Å². The summed E-state index contributed by atoms with van der Waals surface area (Å²) in [6.45, 7) is 22.7. The van der Waals surface area contributed by atoms with Crippen molar-refractivity contribution >= 4 is 0 Å². The van der Waals surface area contributed by atoms with E-state index in [0.717, 1.165) is 0 Å². The predicted molar refractivity (Wildman–Crippen MR) is 134 cm³/mol. The molecule has 0 saturated carbocycles.